The zero-order chi connectivity index (χ0) is 22.9. The Morgan fingerprint density at radius 1 is 0.968 bits per heavy atom. The van der Waals surface area contributed by atoms with Gasteiger partial charge in [0.25, 0.3) is 0 Å². The monoisotopic (exact) mass is 447 g/mol. The molecule has 0 spiro atoms. The van der Waals surface area contributed by atoms with E-state index in [9.17, 15) is 8.42 Å². The van der Waals surface area contributed by atoms with Gasteiger partial charge in [-0.15, -0.1) is 0 Å². The first-order chi connectivity index (χ1) is 14.8. The molecule has 0 aliphatic carbocycles. The maximum atomic E-state index is 11.8. The van der Waals surface area contributed by atoms with Crippen molar-refractivity contribution in [1.29, 1.82) is 0 Å². The summed E-state index contributed by atoms with van der Waals surface area (Å²) in [4.78, 5) is 4.61. The van der Waals surface area contributed by atoms with Crippen molar-refractivity contribution >= 4 is 15.8 Å². The van der Waals surface area contributed by atoms with Crippen molar-refractivity contribution in [3.05, 3.63) is 53.1 Å². The molecule has 170 valence electrons. The van der Waals surface area contributed by atoms with Gasteiger partial charge in [0, 0.05) is 26.4 Å². The Morgan fingerprint density at radius 3 is 2.26 bits per heavy atom. The fourth-order valence-electron chi connectivity index (χ4n) is 3.22. The first-order valence-corrected chi connectivity index (χ1v) is 12.3. The third-order valence-electron chi connectivity index (χ3n) is 4.64. The lowest BCUT2D eigenvalue weighted by Gasteiger charge is -2.14. The lowest BCUT2D eigenvalue weighted by Crippen LogP contribution is -2.37. The molecule has 2 N–H and O–H groups in total. The van der Waals surface area contributed by atoms with Crippen LogP contribution in [-0.4, -0.2) is 47.4 Å². The first kappa shape index (κ1) is 24.5. The summed E-state index contributed by atoms with van der Waals surface area (Å²) in [5, 5.41) is 6.56. The molecule has 8 heteroatoms. The topological polar surface area (TPSA) is 89.0 Å². The van der Waals surface area contributed by atoms with Crippen molar-refractivity contribution in [2.75, 3.05) is 33.1 Å². The summed E-state index contributed by atoms with van der Waals surface area (Å²) in [7, 11) is -1.49. The van der Waals surface area contributed by atoms with Gasteiger partial charge in [-0.3, -0.25) is 4.99 Å². The van der Waals surface area contributed by atoms with Gasteiger partial charge < -0.3 is 20.1 Å². The van der Waals surface area contributed by atoms with Crippen LogP contribution in [-0.2, 0) is 22.8 Å². The van der Waals surface area contributed by atoms with Gasteiger partial charge in [0.15, 0.2) is 27.3 Å². The van der Waals surface area contributed by atoms with Crippen molar-refractivity contribution in [1.82, 2.24) is 10.6 Å². The Kier molecular flexibility index (Phi) is 9.18. The number of sulfone groups is 1. The third-order valence-corrected chi connectivity index (χ3v) is 5.89. The summed E-state index contributed by atoms with van der Waals surface area (Å²) in [5.41, 5.74) is 2.87. The highest BCUT2D eigenvalue weighted by Crippen LogP contribution is 2.28. The molecule has 0 amide bonds. The van der Waals surface area contributed by atoms with Gasteiger partial charge in [0.2, 0.25) is 0 Å². The van der Waals surface area contributed by atoms with E-state index in [0.29, 0.717) is 37.2 Å². The highest BCUT2D eigenvalue weighted by atomic mass is 32.2. The summed E-state index contributed by atoms with van der Waals surface area (Å²) in [6.45, 7) is 8.14. The maximum Gasteiger partial charge on any atom is 0.191 e. The van der Waals surface area contributed by atoms with Crippen LogP contribution in [0, 0.1) is 6.92 Å². The van der Waals surface area contributed by atoms with E-state index in [0.717, 1.165) is 34.6 Å². The fraction of sp³-hybridized carbons (Fsp3) is 0.435. The van der Waals surface area contributed by atoms with Gasteiger partial charge in [-0.2, -0.15) is 0 Å². The number of ether oxygens (including phenoxy) is 2. The molecule has 31 heavy (non-hydrogen) atoms. The van der Waals surface area contributed by atoms with E-state index in [2.05, 4.69) is 15.6 Å². The second-order valence-corrected chi connectivity index (χ2v) is 9.11. The van der Waals surface area contributed by atoms with E-state index in [-0.39, 0.29) is 0 Å². The van der Waals surface area contributed by atoms with Crippen LogP contribution in [0.3, 0.4) is 0 Å². The van der Waals surface area contributed by atoms with E-state index in [1.54, 1.807) is 20.0 Å². The van der Waals surface area contributed by atoms with Crippen molar-refractivity contribution in [3.63, 3.8) is 0 Å². The van der Waals surface area contributed by atoms with Crippen LogP contribution in [0.1, 0.15) is 30.5 Å². The van der Waals surface area contributed by atoms with Gasteiger partial charge in [-0.05, 0) is 62.1 Å². The lowest BCUT2D eigenvalue weighted by molar-refractivity contribution is 0.287. The quantitative estimate of drug-likeness (QED) is 0.430. The molecule has 0 fully saturated rings. The standard InChI is InChI=1S/C23H33N3O4S/c1-6-29-20-10-8-18(15-21(20)30-7-2)12-13-25-23(24-4)26-16-19-9-11-22(17(3)14-19)31(5,27)28/h8-11,14-15H,6-7,12-13,16H2,1-5H3,(H2,24,25,26). The Bertz CT molecular complexity index is 1000. The number of hydrogen-bond donors (Lipinski definition) is 2. The molecule has 0 unspecified atom stereocenters. The molecular weight excluding hydrogens is 414 g/mol. The average Bonchev–Trinajstić information content (AvgIpc) is 2.71. The van der Waals surface area contributed by atoms with Crippen LogP contribution < -0.4 is 20.1 Å². The second-order valence-electron chi connectivity index (χ2n) is 7.12. The molecule has 2 rings (SSSR count). The van der Waals surface area contributed by atoms with Crippen LogP contribution in [0.4, 0.5) is 0 Å². The van der Waals surface area contributed by atoms with Crippen molar-refractivity contribution < 1.29 is 17.9 Å². The van der Waals surface area contributed by atoms with E-state index in [1.165, 1.54) is 6.26 Å². The van der Waals surface area contributed by atoms with Crippen LogP contribution in [0.5, 0.6) is 11.5 Å². The zero-order valence-corrected chi connectivity index (χ0v) is 19.8. The molecule has 0 saturated heterocycles. The number of benzene rings is 2. The van der Waals surface area contributed by atoms with Crippen LogP contribution in [0.25, 0.3) is 0 Å². The van der Waals surface area contributed by atoms with Gasteiger partial charge in [0.1, 0.15) is 0 Å². The molecule has 0 aromatic heterocycles. The molecule has 0 aliphatic heterocycles. The zero-order valence-electron chi connectivity index (χ0n) is 19.0. The molecule has 0 bridgehead atoms. The van der Waals surface area contributed by atoms with Crippen molar-refractivity contribution in [2.24, 2.45) is 4.99 Å². The Morgan fingerprint density at radius 2 is 1.65 bits per heavy atom. The largest absolute Gasteiger partial charge is 0.490 e. The molecule has 0 saturated carbocycles. The Hall–Kier alpha value is -2.74. The van der Waals surface area contributed by atoms with Crippen LogP contribution in [0.15, 0.2) is 46.3 Å². The summed E-state index contributed by atoms with van der Waals surface area (Å²) in [5.74, 6) is 2.20. The smallest absolute Gasteiger partial charge is 0.191 e. The summed E-state index contributed by atoms with van der Waals surface area (Å²) in [6, 6.07) is 11.3. The van der Waals surface area contributed by atoms with E-state index >= 15 is 0 Å². The Balaban J connectivity index is 1.90. The lowest BCUT2D eigenvalue weighted by atomic mass is 10.1. The molecule has 0 atom stereocenters. The minimum absolute atomic E-state index is 0.362. The molecule has 7 nitrogen and oxygen atoms in total. The van der Waals surface area contributed by atoms with Crippen LogP contribution in [0.2, 0.25) is 0 Å². The van der Waals surface area contributed by atoms with Crippen molar-refractivity contribution in [3.8, 4) is 11.5 Å². The van der Waals surface area contributed by atoms with Crippen molar-refractivity contribution in [2.45, 2.75) is 38.6 Å². The fourth-order valence-corrected chi connectivity index (χ4v) is 4.18. The summed E-state index contributed by atoms with van der Waals surface area (Å²) < 4.78 is 34.8. The number of guanidine groups is 1. The maximum absolute atomic E-state index is 11.8. The van der Waals surface area contributed by atoms with E-state index < -0.39 is 9.84 Å². The number of nitrogens with one attached hydrogen (secondary N) is 2. The minimum Gasteiger partial charge on any atom is -0.490 e. The number of hydrogen-bond acceptors (Lipinski definition) is 5. The molecule has 0 radical (unpaired) electrons. The predicted octanol–water partition coefficient (Wildman–Crippen LogP) is 3.10. The Labute approximate surface area is 185 Å². The predicted molar refractivity (Wildman–Crippen MR) is 125 cm³/mol. The third kappa shape index (κ3) is 7.47. The second kappa shape index (κ2) is 11.6. The molecule has 2 aromatic carbocycles. The number of rotatable bonds is 10. The van der Waals surface area contributed by atoms with Crippen LogP contribution >= 0.6 is 0 Å². The van der Waals surface area contributed by atoms with Gasteiger partial charge in [0.05, 0.1) is 18.1 Å². The number of aliphatic imine (C=N–C) groups is 1. The molecule has 0 heterocycles. The van der Waals surface area contributed by atoms with E-state index in [1.807, 2.05) is 44.2 Å². The molecule has 2 aromatic rings. The highest BCUT2D eigenvalue weighted by molar-refractivity contribution is 7.90. The van der Waals surface area contributed by atoms with Gasteiger partial charge in [-0.1, -0.05) is 18.2 Å². The molecule has 0 aliphatic rings. The average molecular weight is 448 g/mol. The number of nitrogens with zero attached hydrogens (tertiary/aromatic N) is 1. The first-order valence-electron chi connectivity index (χ1n) is 10.4. The SMILES string of the molecule is CCOc1ccc(CCNC(=NC)NCc2ccc(S(C)(=O)=O)c(C)c2)cc1OCC. The minimum atomic E-state index is -3.21. The number of aryl methyl sites for hydroxylation is 1. The van der Waals surface area contributed by atoms with E-state index in [4.69, 9.17) is 9.47 Å². The summed E-state index contributed by atoms with van der Waals surface area (Å²) in [6.07, 6.45) is 2.02. The summed E-state index contributed by atoms with van der Waals surface area (Å²) >= 11 is 0. The normalized spacial score (nSPS) is 11.8. The highest BCUT2D eigenvalue weighted by Gasteiger charge is 2.11. The van der Waals surface area contributed by atoms with Gasteiger partial charge >= 0.3 is 0 Å². The molecular formula is C23H33N3O4S. The van der Waals surface area contributed by atoms with Gasteiger partial charge in [-0.25, -0.2) is 8.42 Å².